The number of rotatable bonds is 3. The third kappa shape index (κ3) is 14.1. The Labute approximate surface area is 136 Å². The first-order valence-electron chi connectivity index (χ1n) is 7.68. The molecule has 0 saturated carbocycles. The molecule has 0 spiro atoms. The lowest BCUT2D eigenvalue weighted by atomic mass is 10.2. The van der Waals surface area contributed by atoms with Gasteiger partial charge in [0.15, 0.2) is 0 Å². The number of hydrogen-bond acceptors (Lipinski definition) is 0. The number of allylic oxidation sites excluding steroid dienone is 5. The number of benzene rings is 2. The van der Waals surface area contributed by atoms with Crippen LogP contribution in [-0.2, 0) is 0 Å². The summed E-state index contributed by atoms with van der Waals surface area (Å²) in [6.07, 6.45) is 10.9. The molecule has 0 fully saturated rings. The second-order valence-corrected chi connectivity index (χ2v) is 4.77. The summed E-state index contributed by atoms with van der Waals surface area (Å²) in [6.45, 7) is 9.81. The minimum absolute atomic E-state index is 1.10. The molecular formula is C22H28. The van der Waals surface area contributed by atoms with Gasteiger partial charge in [0, 0.05) is 0 Å². The van der Waals surface area contributed by atoms with Gasteiger partial charge in [-0.25, -0.2) is 0 Å². The molecule has 0 saturated heterocycles. The minimum Gasteiger partial charge on any atom is -0.0991 e. The molecule has 0 aliphatic carbocycles. The predicted molar refractivity (Wildman–Crippen MR) is 101 cm³/mol. The molecule has 116 valence electrons. The predicted octanol–water partition coefficient (Wildman–Crippen LogP) is 6.68. The first-order chi connectivity index (χ1) is 10.7. The van der Waals surface area contributed by atoms with Crippen molar-refractivity contribution in [3.63, 3.8) is 0 Å². The van der Waals surface area contributed by atoms with Gasteiger partial charge in [0.05, 0.1) is 0 Å². The summed E-state index contributed by atoms with van der Waals surface area (Å²) in [5, 5.41) is 0. The lowest BCUT2D eigenvalue weighted by Gasteiger charge is -1.82. The van der Waals surface area contributed by atoms with Crippen LogP contribution in [-0.4, -0.2) is 0 Å². The van der Waals surface area contributed by atoms with E-state index in [1.807, 2.05) is 54.6 Å². The SMILES string of the molecule is C=C/C=C\C=C/CC.Cc1ccccc1.Cc1ccccc1. The molecule has 0 heterocycles. The van der Waals surface area contributed by atoms with Gasteiger partial charge >= 0.3 is 0 Å². The maximum absolute atomic E-state index is 3.54. The van der Waals surface area contributed by atoms with Crippen LogP contribution in [0.15, 0.2) is 97.6 Å². The van der Waals surface area contributed by atoms with Crippen molar-refractivity contribution in [1.82, 2.24) is 0 Å². The van der Waals surface area contributed by atoms with Gasteiger partial charge in [-0.15, -0.1) is 0 Å². The Kier molecular flexibility index (Phi) is 13.5. The van der Waals surface area contributed by atoms with E-state index in [9.17, 15) is 0 Å². The molecule has 0 amide bonds. The van der Waals surface area contributed by atoms with E-state index < -0.39 is 0 Å². The highest BCUT2D eigenvalue weighted by Crippen LogP contribution is 1.92. The lowest BCUT2D eigenvalue weighted by molar-refractivity contribution is 1.22. The van der Waals surface area contributed by atoms with Crippen LogP contribution in [0.4, 0.5) is 0 Å². The molecule has 22 heavy (non-hydrogen) atoms. The summed E-state index contributed by atoms with van der Waals surface area (Å²) in [7, 11) is 0. The zero-order valence-corrected chi connectivity index (χ0v) is 14.1. The molecule has 0 aromatic heterocycles. The van der Waals surface area contributed by atoms with Crippen LogP contribution in [0.1, 0.15) is 24.5 Å². The van der Waals surface area contributed by atoms with Crippen LogP contribution in [0.2, 0.25) is 0 Å². The molecule has 2 aromatic rings. The Morgan fingerprint density at radius 3 is 1.45 bits per heavy atom. The summed E-state index contributed by atoms with van der Waals surface area (Å²) in [6, 6.07) is 20.5. The molecular weight excluding hydrogens is 264 g/mol. The maximum atomic E-state index is 3.54. The van der Waals surface area contributed by atoms with Crippen molar-refractivity contribution in [2.75, 3.05) is 0 Å². The molecule has 0 radical (unpaired) electrons. The molecule has 0 atom stereocenters. The van der Waals surface area contributed by atoms with Crippen molar-refractivity contribution in [3.05, 3.63) is 109 Å². The topological polar surface area (TPSA) is 0 Å². The molecule has 2 aromatic carbocycles. The van der Waals surface area contributed by atoms with Crippen LogP contribution in [0.25, 0.3) is 0 Å². The van der Waals surface area contributed by atoms with Gasteiger partial charge in [0.25, 0.3) is 0 Å². The summed E-state index contributed by atoms with van der Waals surface area (Å²) < 4.78 is 0. The number of aryl methyl sites for hydroxylation is 2. The molecule has 0 aliphatic rings. The molecule has 0 nitrogen and oxygen atoms in total. The Bertz CT molecular complexity index is 481. The van der Waals surface area contributed by atoms with Gasteiger partial charge in [-0.05, 0) is 20.3 Å². The first-order valence-corrected chi connectivity index (χ1v) is 7.68. The van der Waals surface area contributed by atoms with Crippen molar-refractivity contribution in [2.45, 2.75) is 27.2 Å². The highest BCUT2D eigenvalue weighted by molar-refractivity contribution is 5.12. The van der Waals surface area contributed by atoms with E-state index in [2.05, 4.69) is 57.7 Å². The third-order valence-electron chi connectivity index (χ3n) is 2.61. The Hall–Kier alpha value is -2.34. The Morgan fingerprint density at radius 1 is 0.727 bits per heavy atom. The van der Waals surface area contributed by atoms with Crippen molar-refractivity contribution in [3.8, 4) is 0 Å². The second kappa shape index (κ2) is 15.1. The molecule has 0 heteroatoms. The zero-order chi connectivity index (χ0) is 16.5. The lowest BCUT2D eigenvalue weighted by Crippen LogP contribution is -1.62. The normalized spacial score (nSPS) is 9.59. The van der Waals surface area contributed by atoms with Gasteiger partial charge < -0.3 is 0 Å². The third-order valence-corrected chi connectivity index (χ3v) is 2.61. The fraction of sp³-hybridized carbons (Fsp3) is 0.182. The van der Waals surface area contributed by atoms with Crippen molar-refractivity contribution < 1.29 is 0 Å². The van der Waals surface area contributed by atoms with Crippen molar-refractivity contribution >= 4 is 0 Å². The molecule has 2 rings (SSSR count). The van der Waals surface area contributed by atoms with Gasteiger partial charge in [0.2, 0.25) is 0 Å². The monoisotopic (exact) mass is 292 g/mol. The van der Waals surface area contributed by atoms with Crippen LogP contribution < -0.4 is 0 Å². The van der Waals surface area contributed by atoms with E-state index in [-0.39, 0.29) is 0 Å². The number of hydrogen-bond donors (Lipinski definition) is 0. The molecule has 0 unspecified atom stereocenters. The standard InChI is InChI=1S/C8H12.2C7H8/c1-3-5-7-8-6-4-2;2*1-7-5-3-2-4-6-7/h3,5-8H,1,4H2,2H3;2*2-6H,1H3/b7-5-,8-6-;;. The quantitative estimate of drug-likeness (QED) is 0.553. The Balaban J connectivity index is 0.000000301. The average molecular weight is 292 g/mol. The van der Waals surface area contributed by atoms with E-state index in [1.54, 1.807) is 6.08 Å². The van der Waals surface area contributed by atoms with Crippen molar-refractivity contribution in [1.29, 1.82) is 0 Å². The highest BCUT2D eigenvalue weighted by Gasteiger charge is 1.72. The zero-order valence-electron chi connectivity index (χ0n) is 14.1. The van der Waals surface area contributed by atoms with E-state index in [0.29, 0.717) is 0 Å². The first kappa shape index (κ1) is 19.7. The average Bonchev–Trinajstić information content (AvgIpc) is 2.54. The summed E-state index contributed by atoms with van der Waals surface area (Å²) >= 11 is 0. The summed E-state index contributed by atoms with van der Waals surface area (Å²) in [4.78, 5) is 0. The van der Waals surface area contributed by atoms with Crippen LogP contribution in [0, 0.1) is 13.8 Å². The van der Waals surface area contributed by atoms with Gasteiger partial charge in [0.1, 0.15) is 0 Å². The fourth-order valence-corrected chi connectivity index (χ4v) is 1.43. The highest BCUT2D eigenvalue weighted by atomic mass is 13.8. The van der Waals surface area contributed by atoms with E-state index >= 15 is 0 Å². The van der Waals surface area contributed by atoms with Gasteiger partial charge in [-0.1, -0.05) is 116 Å². The molecule has 0 aliphatic heterocycles. The second-order valence-electron chi connectivity index (χ2n) is 4.77. The summed E-state index contributed by atoms with van der Waals surface area (Å²) in [5.74, 6) is 0. The van der Waals surface area contributed by atoms with Gasteiger partial charge in [-0.3, -0.25) is 0 Å². The minimum atomic E-state index is 1.10. The van der Waals surface area contributed by atoms with E-state index in [1.165, 1.54) is 11.1 Å². The summed E-state index contributed by atoms with van der Waals surface area (Å²) in [5.41, 5.74) is 2.64. The maximum Gasteiger partial charge on any atom is -0.0376 e. The molecule has 0 bridgehead atoms. The largest absolute Gasteiger partial charge is 0.0991 e. The Morgan fingerprint density at radius 2 is 1.18 bits per heavy atom. The molecule has 0 N–H and O–H groups in total. The smallest absolute Gasteiger partial charge is 0.0376 e. The van der Waals surface area contributed by atoms with E-state index in [4.69, 9.17) is 0 Å². The van der Waals surface area contributed by atoms with Crippen molar-refractivity contribution in [2.24, 2.45) is 0 Å². The van der Waals surface area contributed by atoms with Crippen LogP contribution in [0.5, 0.6) is 0 Å². The van der Waals surface area contributed by atoms with Crippen LogP contribution in [0.3, 0.4) is 0 Å². The van der Waals surface area contributed by atoms with Crippen LogP contribution >= 0.6 is 0 Å². The fourth-order valence-electron chi connectivity index (χ4n) is 1.43. The van der Waals surface area contributed by atoms with E-state index in [0.717, 1.165) is 6.42 Å². The van der Waals surface area contributed by atoms with Gasteiger partial charge in [-0.2, -0.15) is 0 Å².